The van der Waals surface area contributed by atoms with Gasteiger partial charge in [0.05, 0.1) is 10.8 Å². The quantitative estimate of drug-likeness (QED) is 0.209. The van der Waals surface area contributed by atoms with Crippen molar-refractivity contribution in [2.75, 3.05) is 14.1 Å². The predicted octanol–water partition coefficient (Wildman–Crippen LogP) is 5.93. The highest BCUT2D eigenvalue weighted by Gasteiger charge is 2.15. The number of benzene rings is 1. The molecule has 0 atom stereocenters. The van der Waals surface area contributed by atoms with Crippen LogP contribution in [0.25, 0.3) is 16.6 Å². The van der Waals surface area contributed by atoms with E-state index in [4.69, 9.17) is 25.8 Å². The highest BCUT2D eigenvalue weighted by molar-refractivity contribution is 7.98. The number of allylic oxidation sites excluding steroid dienone is 2. The fourth-order valence-corrected chi connectivity index (χ4v) is 4.69. The Kier molecular flexibility index (Phi) is 7.49. The van der Waals surface area contributed by atoms with Crippen molar-refractivity contribution in [3.63, 3.8) is 0 Å². The van der Waals surface area contributed by atoms with Crippen LogP contribution in [0.4, 0.5) is 0 Å². The summed E-state index contributed by atoms with van der Waals surface area (Å²) in [7, 11) is 4.02. The number of thioether (sulfide) groups is 1. The number of halogens is 1. The molecule has 0 saturated heterocycles. The first kappa shape index (κ1) is 23.8. The highest BCUT2D eigenvalue weighted by Crippen LogP contribution is 2.34. The van der Waals surface area contributed by atoms with Gasteiger partial charge in [0.15, 0.2) is 5.82 Å². The molecule has 0 spiro atoms. The summed E-state index contributed by atoms with van der Waals surface area (Å²) in [6.07, 6.45) is 8.47. The van der Waals surface area contributed by atoms with Crippen molar-refractivity contribution in [1.82, 2.24) is 25.0 Å². The van der Waals surface area contributed by atoms with Gasteiger partial charge in [-0.15, -0.1) is 11.8 Å². The Morgan fingerprint density at radius 3 is 2.88 bits per heavy atom. The van der Waals surface area contributed by atoms with Gasteiger partial charge < -0.3 is 14.2 Å². The second kappa shape index (κ2) is 10.7. The van der Waals surface area contributed by atoms with E-state index in [0.29, 0.717) is 22.3 Å². The topological polar surface area (TPSA) is 77.2 Å². The van der Waals surface area contributed by atoms with E-state index in [-0.39, 0.29) is 6.61 Å². The lowest BCUT2D eigenvalue weighted by atomic mass is 10.0. The van der Waals surface area contributed by atoms with Crippen LogP contribution < -0.4 is 4.74 Å². The zero-order valence-electron chi connectivity index (χ0n) is 19.2. The number of pyridine rings is 2. The standard InChI is InChI=1S/C25H24ClN5O2S/c1-5-7-21(31(3)4)18-10-16(2)29-25-17(18)8-6-9-22(25)32-13-19-20(26)11-27-12-23(19)34-14-24-28-15-33-30-24/h5-12,15H,1,13-14H2,2-4H3/b21-7-. The SMILES string of the molecule is C=C/C=C(/c1cc(C)nc2c(OCc3c(Cl)cncc3SCc3ncon3)cccc12)N(C)C. The summed E-state index contributed by atoms with van der Waals surface area (Å²) < 4.78 is 11.1. The lowest BCUT2D eigenvalue weighted by Crippen LogP contribution is -2.11. The first-order valence-corrected chi connectivity index (χ1v) is 11.9. The minimum Gasteiger partial charge on any atom is -0.487 e. The maximum Gasteiger partial charge on any atom is 0.213 e. The Labute approximate surface area is 207 Å². The van der Waals surface area contributed by atoms with Crippen LogP contribution in [-0.4, -0.2) is 39.1 Å². The number of hydrogen-bond acceptors (Lipinski definition) is 8. The van der Waals surface area contributed by atoms with Crippen molar-refractivity contribution in [3.05, 3.63) is 89.5 Å². The molecule has 0 aliphatic heterocycles. The minimum absolute atomic E-state index is 0.267. The number of nitrogens with zero attached hydrogens (tertiary/aromatic N) is 5. The van der Waals surface area contributed by atoms with E-state index in [1.807, 2.05) is 39.2 Å². The average Bonchev–Trinajstić information content (AvgIpc) is 3.34. The van der Waals surface area contributed by atoms with Gasteiger partial charge in [-0.25, -0.2) is 4.98 Å². The Morgan fingerprint density at radius 1 is 1.29 bits per heavy atom. The zero-order valence-corrected chi connectivity index (χ0v) is 20.7. The van der Waals surface area contributed by atoms with Crippen LogP contribution in [-0.2, 0) is 12.4 Å². The molecule has 34 heavy (non-hydrogen) atoms. The molecule has 0 N–H and O–H groups in total. The number of aryl methyl sites for hydroxylation is 1. The van der Waals surface area contributed by atoms with Gasteiger partial charge in [-0.3, -0.25) is 4.98 Å². The van der Waals surface area contributed by atoms with E-state index in [9.17, 15) is 0 Å². The van der Waals surface area contributed by atoms with Gasteiger partial charge in [0, 0.05) is 59.3 Å². The highest BCUT2D eigenvalue weighted by atomic mass is 35.5. The molecule has 0 bridgehead atoms. The average molecular weight is 494 g/mol. The fraction of sp³-hybridized carbons (Fsp3) is 0.200. The van der Waals surface area contributed by atoms with Gasteiger partial charge in [-0.2, -0.15) is 4.98 Å². The third kappa shape index (κ3) is 5.24. The van der Waals surface area contributed by atoms with Crippen molar-refractivity contribution < 1.29 is 9.26 Å². The molecule has 174 valence electrons. The van der Waals surface area contributed by atoms with Crippen molar-refractivity contribution in [1.29, 1.82) is 0 Å². The molecular weight excluding hydrogens is 470 g/mol. The monoisotopic (exact) mass is 493 g/mol. The van der Waals surface area contributed by atoms with E-state index >= 15 is 0 Å². The molecule has 4 rings (SSSR count). The van der Waals surface area contributed by atoms with Crippen LogP contribution in [0.3, 0.4) is 0 Å². The fourth-order valence-electron chi connectivity index (χ4n) is 3.53. The Balaban J connectivity index is 1.66. The zero-order chi connectivity index (χ0) is 24.1. The third-order valence-corrected chi connectivity index (χ3v) is 6.46. The molecule has 9 heteroatoms. The number of fused-ring (bicyclic) bond motifs is 1. The normalized spacial score (nSPS) is 11.6. The van der Waals surface area contributed by atoms with Gasteiger partial charge in [0.25, 0.3) is 0 Å². The molecule has 1 aromatic carbocycles. The Morgan fingerprint density at radius 2 is 2.15 bits per heavy atom. The van der Waals surface area contributed by atoms with Gasteiger partial charge in [0.2, 0.25) is 6.39 Å². The van der Waals surface area contributed by atoms with E-state index < -0.39 is 0 Å². The molecule has 0 radical (unpaired) electrons. The van der Waals surface area contributed by atoms with Gasteiger partial charge >= 0.3 is 0 Å². The van der Waals surface area contributed by atoms with Crippen LogP contribution in [0.2, 0.25) is 5.02 Å². The van der Waals surface area contributed by atoms with Crippen molar-refractivity contribution >= 4 is 40.0 Å². The maximum atomic E-state index is 6.49. The van der Waals surface area contributed by atoms with Crippen molar-refractivity contribution in [2.24, 2.45) is 0 Å². The van der Waals surface area contributed by atoms with Crippen molar-refractivity contribution in [2.45, 2.75) is 24.2 Å². The lowest BCUT2D eigenvalue weighted by Gasteiger charge is -2.20. The summed E-state index contributed by atoms with van der Waals surface area (Å²) in [4.78, 5) is 16.0. The summed E-state index contributed by atoms with van der Waals surface area (Å²) in [6.45, 7) is 6.11. The second-order valence-corrected chi connectivity index (χ2v) is 9.09. The summed E-state index contributed by atoms with van der Waals surface area (Å²) in [5.74, 6) is 1.82. The third-order valence-electron chi connectivity index (χ3n) is 5.07. The van der Waals surface area contributed by atoms with Gasteiger partial charge in [-0.05, 0) is 25.1 Å². The number of ether oxygens (including phenoxy) is 1. The molecule has 0 aliphatic carbocycles. The molecule has 0 fully saturated rings. The van der Waals surface area contributed by atoms with E-state index in [1.54, 1.807) is 18.5 Å². The molecule has 0 unspecified atom stereocenters. The summed E-state index contributed by atoms with van der Waals surface area (Å²) in [5.41, 5.74) is 4.64. The predicted molar refractivity (Wildman–Crippen MR) is 136 cm³/mol. The summed E-state index contributed by atoms with van der Waals surface area (Å²) >= 11 is 8.02. The number of aromatic nitrogens is 4. The van der Waals surface area contributed by atoms with E-state index in [0.717, 1.165) is 38.3 Å². The number of hydrogen-bond donors (Lipinski definition) is 0. The van der Waals surface area contributed by atoms with Gasteiger partial charge in [0.1, 0.15) is 17.9 Å². The molecule has 3 heterocycles. The first-order valence-electron chi connectivity index (χ1n) is 10.5. The van der Waals surface area contributed by atoms with E-state index in [1.165, 1.54) is 18.2 Å². The molecule has 0 aliphatic rings. The van der Waals surface area contributed by atoms with Crippen LogP contribution in [0.5, 0.6) is 5.75 Å². The second-order valence-electron chi connectivity index (χ2n) is 7.67. The van der Waals surface area contributed by atoms with Crippen LogP contribution >= 0.6 is 23.4 Å². The summed E-state index contributed by atoms with van der Waals surface area (Å²) in [6, 6.07) is 8.02. The van der Waals surface area contributed by atoms with E-state index in [2.05, 4.69) is 38.7 Å². The number of para-hydroxylation sites is 1. The molecule has 4 aromatic rings. The van der Waals surface area contributed by atoms with Crippen molar-refractivity contribution in [3.8, 4) is 5.75 Å². The van der Waals surface area contributed by atoms with Gasteiger partial charge in [-0.1, -0.05) is 41.5 Å². The summed E-state index contributed by atoms with van der Waals surface area (Å²) in [5, 5.41) is 5.39. The maximum absolute atomic E-state index is 6.49. The Hall–Kier alpha value is -3.36. The molecule has 7 nitrogen and oxygen atoms in total. The van der Waals surface area contributed by atoms with Crippen LogP contribution in [0.15, 0.2) is 71.2 Å². The molecule has 0 amide bonds. The molecule has 0 saturated carbocycles. The largest absolute Gasteiger partial charge is 0.487 e. The smallest absolute Gasteiger partial charge is 0.213 e. The Bertz CT molecular complexity index is 1340. The van der Waals surface area contributed by atoms with Crippen LogP contribution in [0.1, 0.15) is 22.6 Å². The number of rotatable bonds is 9. The molecular formula is C25H24ClN5O2S. The lowest BCUT2D eigenvalue weighted by molar-refractivity contribution is 0.306. The molecule has 3 aromatic heterocycles. The first-order chi connectivity index (χ1) is 16.5. The minimum atomic E-state index is 0.267. The van der Waals surface area contributed by atoms with Crippen LogP contribution in [0, 0.1) is 6.92 Å².